The van der Waals surface area contributed by atoms with Gasteiger partial charge in [0.15, 0.2) is 0 Å². The molecule has 1 aliphatic heterocycles. The molecule has 3 amide bonds. The second-order valence-corrected chi connectivity index (χ2v) is 8.84. The fourth-order valence-electron chi connectivity index (χ4n) is 3.30. The van der Waals surface area contributed by atoms with Gasteiger partial charge < -0.3 is 15.4 Å². The average Bonchev–Trinajstić information content (AvgIpc) is 3.05. The van der Waals surface area contributed by atoms with Gasteiger partial charge in [0, 0.05) is 23.0 Å². The lowest BCUT2D eigenvalue weighted by Gasteiger charge is -2.17. The summed E-state index contributed by atoms with van der Waals surface area (Å²) < 4.78 is 5.16. The minimum Gasteiger partial charge on any atom is -0.497 e. The van der Waals surface area contributed by atoms with Crippen LogP contribution in [0.3, 0.4) is 0 Å². The maximum absolute atomic E-state index is 13.1. The smallest absolute Gasteiger partial charge is 0.283 e. The Morgan fingerprint density at radius 2 is 1.51 bits per heavy atom. The molecule has 0 radical (unpaired) electrons. The van der Waals surface area contributed by atoms with Gasteiger partial charge in [0.2, 0.25) is 0 Å². The Hall–Kier alpha value is -3.23. The van der Waals surface area contributed by atoms with Crippen LogP contribution in [-0.4, -0.2) is 24.8 Å². The summed E-state index contributed by atoms with van der Waals surface area (Å²) in [5, 5.41) is 5.58. The van der Waals surface area contributed by atoms with E-state index in [0.717, 1.165) is 4.90 Å². The fraction of sp³-hybridized carbons (Fsp3) is 0.0417. The average molecular weight is 551 g/mol. The molecule has 1 heterocycles. The number of nitrogens with zero attached hydrogens (tertiary/aromatic N) is 1. The highest BCUT2D eigenvalue weighted by atomic mass is 35.5. The molecule has 3 aromatic carbocycles. The van der Waals surface area contributed by atoms with E-state index in [1.807, 2.05) is 0 Å². The van der Waals surface area contributed by atoms with E-state index in [9.17, 15) is 14.4 Å². The van der Waals surface area contributed by atoms with E-state index >= 15 is 0 Å². The van der Waals surface area contributed by atoms with E-state index in [2.05, 4.69) is 10.6 Å². The van der Waals surface area contributed by atoms with Gasteiger partial charge in [0.1, 0.15) is 16.5 Å². The van der Waals surface area contributed by atoms with E-state index in [0.29, 0.717) is 22.7 Å². The number of benzene rings is 3. The van der Waals surface area contributed by atoms with Crippen molar-refractivity contribution < 1.29 is 19.1 Å². The van der Waals surface area contributed by atoms with Crippen molar-refractivity contribution in [2.45, 2.75) is 0 Å². The molecule has 0 fully saturated rings. The van der Waals surface area contributed by atoms with E-state index in [1.165, 1.54) is 25.3 Å². The molecule has 2 N–H and O–H groups in total. The first-order valence-electron chi connectivity index (χ1n) is 9.95. The van der Waals surface area contributed by atoms with Gasteiger partial charge in [-0.05, 0) is 42.5 Å². The molecule has 0 unspecified atom stereocenters. The zero-order valence-corrected chi connectivity index (χ0v) is 20.9. The maximum Gasteiger partial charge on any atom is 0.283 e. The molecule has 1 aliphatic rings. The second-order valence-electron chi connectivity index (χ2n) is 7.24. The summed E-state index contributed by atoms with van der Waals surface area (Å²) in [5.74, 6) is -1.33. The Morgan fingerprint density at radius 1 is 0.829 bits per heavy atom. The molecule has 0 spiro atoms. The van der Waals surface area contributed by atoms with Gasteiger partial charge >= 0.3 is 0 Å². The number of carbonyl (C=O) groups excluding carboxylic acids is 3. The molecule has 35 heavy (non-hydrogen) atoms. The fourth-order valence-corrected chi connectivity index (χ4v) is 4.14. The molecule has 3 aromatic rings. The lowest BCUT2D eigenvalue weighted by molar-refractivity contribution is -0.120. The molecular weight excluding hydrogens is 536 g/mol. The molecule has 4 rings (SSSR count). The van der Waals surface area contributed by atoms with Gasteiger partial charge in [-0.25, -0.2) is 4.90 Å². The Kier molecular flexibility index (Phi) is 7.23. The third-order valence-corrected chi connectivity index (χ3v) is 6.36. The molecule has 0 bridgehead atoms. The molecule has 0 atom stereocenters. The van der Waals surface area contributed by atoms with Crippen LogP contribution in [0.1, 0.15) is 10.4 Å². The van der Waals surface area contributed by atoms with Crippen LogP contribution in [0.2, 0.25) is 15.1 Å². The Labute approximate surface area is 220 Å². The summed E-state index contributed by atoms with van der Waals surface area (Å²) in [5.41, 5.74) is 1.07. The van der Waals surface area contributed by atoms with Crippen molar-refractivity contribution in [2.75, 3.05) is 22.6 Å². The molecule has 0 aliphatic carbocycles. The highest BCUT2D eigenvalue weighted by molar-refractivity contribution is 6.54. The molecule has 0 saturated carbocycles. The number of carbonyl (C=O) groups is 3. The number of rotatable bonds is 6. The number of amides is 3. The predicted molar refractivity (Wildman–Crippen MR) is 138 cm³/mol. The van der Waals surface area contributed by atoms with Gasteiger partial charge in [0.05, 0.1) is 27.9 Å². The van der Waals surface area contributed by atoms with Crippen LogP contribution < -0.4 is 20.3 Å². The number of ether oxygens (including phenoxy) is 1. The van der Waals surface area contributed by atoms with E-state index in [-0.39, 0.29) is 37.4 Å². The van der Waals surface area contributed by atoms with Crippen molar-refractivity contribution >= 4 is 81.2 Å². The first-order chi connectivity index (χ1) is 16.7. The zero-order valence-electron chi connectivity index (χ0n) is 17.9. The number of hydrogen-bond acceptors (Lipinski definition) is 5. The normalized spacial score (nSPS) is 13.3. The zero-order chi connectivity index (χ0) is 25.3. The molecule has 178 valence electrons. The topological polar surface area (TPSA) is 87.7 Å². The van der Waals surface area contributed by atoms with Gasteiger partial charge in [-0.2, -0.15) is 0 Å². The summed E-state index contributed by atoms with van der Waals surface area (Å²) in [6.45, 7) is 0. The Bertz CT molecular complexity index is 1410. The first-order valence-corrected chi connectivity index (χ1v) is 11.5. The van der Waals surface area contributed by atoms with Crippen molar-refractivity contribution in [1.29, 1.82) is 0 Å². The number of hydrogen-bond donors (Lipinski definition) is 2. The third kappa shape index (κ3) is 5.09. The maximum atomic E-state index is 13.1. The lowest BCUT2D eigenvalue weighted by Crippen LogP contribution is -2.32. The molecule has 0 aromatic heterocycles. The lowest BCUT2D eigenvalue weighted by atomic mass is 10.1. The molecular formula is C24H15Cl4N3O4. The van der Waals surface area contributed by atoms with Gasteiger partial charge in [0.25, 0.3) is 17.7 Å². The Morgan fingerprint density at radius 3 is 2.26 bits per heavy atom. The van der Waals surface area contributed by atoms with Gasteiger partial charge in [-0.1, -0.05) is 58.5 Å². The minimum absolute atomic E-state index is 0.0393. The summed E-state index contributed by atoms with van der Waals surface area (Å²) in [7, 11) is 1.53. The quantitative estimate of drug-likeness (QED) is 0.276. The van der Waals surface area contributed by atoms with Crippen LogP contribution in [0.4, 0.5) is 17.1 Å². The number of anilines is 3. The highest BCUT2D eigenvalue weighted by Gasteiger charge is 2.40. The number of imide groups is 1. The predicted octanol–water partition coefficient (Wildman–Crippen LogP) is 6.34. The summed E-state index contributed by atoms with van der Waals surface area (Å²) in [6.07, 6.45) is 0. The monoisotopic (exact) mass is 549 g/mol. The van der Waals surface area contributed by atoms with Gasteiger partial charge in [-0.15, -0.1) is 0 Å². The van der Waals surface area contributed by atoms with Crippen LogP contribution in [0.25, 0.3) is 0 Å². The van der Waals surface area contributed by atoms with E-state index < -0.39 is 11.8 Å². The van der Waals surface area contributed by atoms with Crippen LogP contribution in [0.5, 0.6) is 5.75 Å². The molecule has 7 nitrogen and oxygen atoms in total. The van der Waals surface area contributed by atoms with Crippen LogP contribution in [0, 0.1) is 0 Å². The SMILES string of the molecule is COc1cccc(NC(=O)c2cccc(NC3=C(Cl)C(=O)N(c4cc(Cl)c(Cl)cc4Cl)C3=O)c2)c1. The van der Waals surface area contributed by atoms with E-state index in [1.54, 1.807) is 42.5 Å². The van der Waals surface area contributed by atoms with E-state index in [4.69, 9.17) is 51.1 Å². The minimum atomic E-state index is -0.786. The van der Waals surface area contributed by atoms with Crippen molar-refractivity contribution in [2.24, 2.45) is 0 Å². The molecule has 11 heteroatoms. The van der Waals surface area contributed by atoms with Crippen molar-refractivity contribution in [1.82, 2.24) is 0 Å². The Balaban J connectivity index is 1.56. The molecule has 0 saturated heterocycles. The highest BCUT2D eigenvalue weighted by Crippen LogP contribution is 2.38. The number of nitrogens with one attached hydrogen (secondary N) is 2. The number of halogens is 4. The van der Waals surface area contributed by atoms with Crippen LogP contribution in [0.15, 0.2) is 71.4 Å². The third-order valence-electron chi connectivity index (χ3n) is 4.98. The van der Waals surface area contributed by atoms with Crippen LogP contribution in [-0.2, 0) is 9.59 Å². The van der Waals surface area contributed by atoms with Crippen molar-refractivity contribution in [3.05, 3.63) is 92.0 Å². The number of methoxy groups -OCH3 is 1. The summed E-state index contributed by atoms with van der Waals surface area (Å²) >= 11 is 24.4. The summed E-state index contributed by atoms with van der Waals surface area (Å²) in [6, 6.07) is 15.9. The largest absolute Gasteiger partial charge is 0.497 e. The summed E-state index contributed by atoms with van der Waals surface area (Å²) in [4.78, 5) is 39.4. The van der Waals surface area contributed by atoms with Crippen LogP contribution >= 0.6 is 46.4 Å². The first kappa shape index (κ1) is 24.9. The van der Waals surface area contributed by atoms with Crippen molar-refractivity contribution in [3.63, 3.8) is 0 Å². The second kappa shape index (κ2) is 10.2. The standard InChI is InChI=1S/C24H15Cl4N3O4/c1-35-15-7-3-6-14(9-15)30-22(32)12-4-2-5-13(8-12)29-21-20(28)23(33)31(24(21)34)19-11-17(26)16(25)10-18(19)27/h2-11,29H,1H3,(H,30,32). The van der Waals surface area contributed by atoms with Gasteiger partial charge in [-0.3, -0.25) is 14.4 Å². The van der Waals surface area contributed by atoms with Crippen molar-refractivity contribution in [3.8, 4) is 5.75 Å².